The molecule has 0 heterocycles. The average Bonchev–Trinajstić information content (AvgIpc) is 2.51. The zero-order valence-electron chi connectivity index (χ0n) is 14.9. The molecule has 0 aliphatic rings. The van der Waals surface area contributed by atoms with Crippen LogP contribution in [0.15, 0.2) is 0 Å². The van der Waals surface area contributed by atoms with E-state index in [1.165, 1.54) is 77.0 Å². The summed E-state index contributed by atoms with van der Waals surface area (Å²) >= 11 is 0. The van der Waals surface area contributed by atoms with Gasteiger partial charge in [-0.05, 0) is 13.3 Å². The van der Waals surface area contributed by atoms with Gasteiger partial charge in [-0.1, -0.05) is 96.3 Å². The van der Waals surface area contributed by atoms with Gasteiger partial charge in [0.05, 0.1) is 6.61 Å². The van der Waals surface area contributed by atoms with Crippen LogP contribution in [0.4, 0.5) is 0 Å². The van der Waals surface area contributed by atoms with Crippen molar-refractivity contribution in [1.82, 2.24) is 0 Å². The molecule has 2 heteroatoms. The van der Waals surface area contributed by atoms with Crippen molar-refractivity contribution in [3.05, 3.63) is 0 Å². The van der Waals surface area contributed by atoms with Crippen LogP contribution in [-0.4, -0.2) is 12.6 Å². The van der Waals surface area contributed by atoms with Gasteiger partial charge in [0, 0.05) is 5.92 Å². The van der Waals surface area contributed by atoms with Crippen molar-refractivity contribution in [3.8, 4) is 11.8 Å². The lowest BCUT2D eigenvalue weighted by Gasteiger charge is -2.03. The Kier molecular flexibility index (Phi) is 17.3. The zero-order valence-corrected chi connectivity index (χ0v) is 14.9. The Balaban J connectivity index is 3.05. The molecule has 0 bridgehead atoms. The van der Waals surface area contributed by atoms with E-state index in [-0.39, 0.29) is 0 Å². The molecule has 0 unspecified atom stereocenters. The van der Waals surface area contributed by atoms with E-state index in [0.717, 1.165) is 12.8 Å². The third-order valence-electron chi connectivity index (χ3n) is 3.96. The van der Waals surface area contributed by atoms with Gasteiger partial charge in [0.2, 0.25) is 0 Å². The molecule has 0 rings (SSSR count). The molecule has 0 fully saturated rings. The second-order valence-electron chi connectivity index (χ2n) is 6.11. The van der Waals surface area contributed by atoms with Crippen LogP contribution in [0.25, 0.3) is 0 Å². The average molecular weight is 309 g/mol. The molecule has 0 amide bonds. The predicted octanol–water partition coefficient (Wildman–Crippen LogP) is 6.03. The van der Waals surface area contributed by atoms with Crippen LogP contribution < -0.4 is 0 Å². The minimum absolute atomic E-state index is 0.391. The van der Waals surface area contributed by atoms with Gasteiger partial charge >= 0.3 is 5.97 Å². The molecule has 2 nitrogen and oxygen atoms in total. The molecule has 0 aromatic heterocycles. The van der Waals surface area contributed by atoms with Gasteiger partial charge in [0.1, 0.15) is 0 Å². The van der Waals surface area contributed by atoms with Gasteiger partial charge in [0.25, 0.3) is 0 Å². The number of esters is 1. The van der Waals surface area contributed by atoms with Crippen LogP contribution in [-0.2, 0) is 9.53 Å². The molecule has 0 aromatic carbocycles. The Bertz CT molecular complexity index is 299. The highest BCUT2D eigenvalue weighted by Gasteiger charge is 1.97. The number of hydrogen-bond donors (Lipinski definition) is 0. The maximum Gasteiger partial charge on any atom is 0.384 e. The predicted molar refractivity (Wildman–Crippen MR) is 94.7 cm³/mol. The fraction of sp³-hybridized carbons (Fsp3) is 0.850. The maximum atomic E-state index is 11.0. The number of carbonyl (C=O) groups excluding carboxylic acids is 1. The zero-order chi connectivity index (χ0) is 16.3. The second-order valence-corrected chi connectivity index (χ2v) is 6.11. The summed E-state index contributed by atoms with van der Waals surface area (Å²) < 4.78 is 4.98. The minimum Gasteiger partial charge on any atom is -0.456 e. The molecule has 0 saturated carbocycles. The Morgan fingerprint density at radius 1 is 0.727 bits per heavy atom. The van der Waals surface area contributed by atoms with Crippen LogP contribution in [0.2, 0.25) is 0 Å². The molecule has 0 radical (unpaired) electrons. The lowest BCUT2D eigenvalue weighted by Crippen LogP contribution is -2.02. The van der Waals surface area contributed by atoms with Gasteiger partial charge in [-0.2, -0.15) is 0 Å². The van der Waals surface area contributed by atoms with Crippen LogP contribution >= 0.6 is 0 Å². The first-order valence-electron chi connectivity index (χ1n) is 9.40. The largest absolute Gasteiger partial charge is 0.456 e. The summed E-state index contributed by atoms with van der Waals surface area (Å²) in [4.78, 5) is 11.0. The van der Waals surface area contributed by atoms with E-state index in [1.807, 2.05) is 0 Å². The summed E-state index contributed by atoms with van der Waals surface area (Å²) in [7, 11) is 0. The van der Waals surface area contributed by atoms with Crippen LogP contribution in [0.5, 0.6) is 0 Å². The van der Waals surface area contributed by atoms with E-state index in [2.05, 4.69) is 18.8 Å². The highest BCUT2D eigenvalue weighted by atomic mass is 16.5. The van der Waals surface area contributed by atoms with Gasteiger partial charge in [-0.15, -0.1) is 0 Å². The Hall–Kier alpha value is -0.970. The van der Waals surface area contributed by atoms with Crippen LogP contribution in [0.1, 0.15) is 104 Å². The van der Waals surface area contributed by atoms with Crippen LogP contribution in [0.3, 0.4) is 0 Å². The third-order valence-corrected chi connectivity index (χ3v) is 3.96. The molecule has 0 aliphatic carbocycles. The Morgan fingerprint density at radius 2 is 1.14 bits per heavy atom. The van der Waals surface area contributed by atoms with Crippen molar-refractivity contribution in [2.75, 3.05) is 6.61 Å². The molecular weight excluding hydrogens is 272 g/mol. The molecule has 22 heavy (non-hydrogen) atoms. The SMILES string of the molecule is CC#CC(=O)OCCCCCCCCCCCCCCCC. The van der Waals surface area contributed by atoms with Crippen molar-refractivity contribution >= 4 is 5.97 Å². The van der Waals surface area contributed by atoms with Crippen LogP contribution in [0, 0.1) is 11.8 Å². The van der Waals surface area contributed by atoms with E-state index in [1.54, 1.807) is 6.92 Å². The van der Waals surface area contributed by atoms with E-state index in [4.69, 9.17) is 4.74 Å². The number of rotatable bonds is 15. The van der Waals surface area contributed by atoms with Gasteiger partial charge in [-0.3, -0.25) is 0 Å². The molecule has 0 saturated heterocycles. The van der Waals surface area contributed by atoms with E-state index in [0.29, 0.717) is 6.61 Å². The fourth-order valence-electron chi connectivity index (χ4n) is 2.60. The fourth-order valence-corrected chi connectivity index (χ4v) is 2.60. The number of carbonyl (C=O) groups is 1. The monoisotopic (exact) mass is 308 g/mol. The summed E-state index contributed by atoms with van der Waals surface area (Å²) in [6, 6.07) is 0. The smallest absolute Gasteiger partial charge is 0.384 e. The lowest BCUT2D eigenvalue weighted by atomic mass is 10.0. The van der Waals surface area contributed by atoms with Gasteiger partial charge in [0.15, 0.2) is 0 Å². The van der Waals surface area contributed by atoms with E-state index in [9.17, 15) is 4.79 Å². The highest BCUT2D eigenvalue weighted by molar-refractivity contribution is 5.88. The summed E-state index contributed by atoms with van der Waals surface area (Å²) in [6.45, 7) is 4.44. The molecule has 0 atom stereocenters. The van der Waals surface area contributed by atoms with Crippen molar-refractivity contribution in [2.24, 2.45) is 0 Å². The summed E-state index contributed by atoms with van der Waals surface area (Å²) in [5.74, 6) is 4.54. The van der Waals surface area contributed by atoms with Gasteiger partial charge in [-0.25, -0.2) is 4.79 Å². The summed E-state index contributed by atoms with van der Waals surface area (Å²) in [5.41, 5.74) is 0. The summed E-state index contributed by atoms with van der Waals surface area (Å²) in [6.07, 6.45) is 18.7. The minimum atomic E-state index is -0.391. The van der Waals surface area contributed by atoms with Crippen molar-refractivity contribution in [2.45, 2.75) is 104 Å². The Labute approximate surface area is 138 Å². The van der Waals surface area contributed by atoms with Gasteiger partial charge < -0.3 is 4.74 Å². The number of ether oxygens (including phenoxy) is 1. The summed E-state index contributed by atoms with van der Waals surface area (Å²) in [5, 5.41) is 0. The molecule has 0 spiro atoms. The van der Waals surface area contributed by atoms with Crippen molar-refractivity contribution in [3.63, 3.8) is 0 Å². The topological polar surface area (TPSA) is 26.3 Å². The normalized spacial score (nSPS) is 10.1. The first-order chi connectivity index (χ1) is 10.8. The number of hydrogen-bond acceptors (Lipinski definition) is 2. The maximum absolute atomic E-state index is 11.0. The highest BCUT2D eigenvalue weighted by Crippen LogP contribution is 2.12. The number of unbranched alkanes of at least 4 members (excludes halogenated alkanes) is 13. The standard InChI is InChI=1S/C20H36O2/c1-3-5-6-7-8-9-10-11-12-13-14-15-16-17-19-22-20(21)18-4-2/h3,5-17,19H2,1-2H3. The van der Waals surface area contributed by atoms with E-state index < -0.39 is 5.97 Å². The third kappa shape index (κ3) is 17.1. The molecular formula is C20H36O2. The first kappa shape index (κ1) is 21.0. The van der Waals surface area contributed by atoms with Crippen molar-refractivity contribution < 1.29 is 9.53 Å². The van der Waals surface area contributed by atoms with Crippen molar-refractivity contribution in [1.29, 1.82) is 0 Å². The quantitative estimate of drug-likeness (QED) is 0.160. The molecule has 0 aliphatic heterocycles. The first-order valence-corrected chi connectivity index (χ1v) is 9.40. The van der Waals surface area contributed by atoms with E-state index >= 15 is 0 Å². The second kappa shape index (κ2) is 18.1. The molecule has 0 N–H and O–H groups in total. The lowest BCUT2D eigenvalue weighted by molar-refractivity contribution is -0.136. The molecule has 128 valence electrons. The molecule has 0 aromatic rings. The Morgan fingerprint density at radius 3 is 1.55 bits per heavy atom.